The van der Waals surface area contributed by atoms with Gasteiger partial charge in [-0.2, -0.15) is 0 Å². The first-order valence-electron chi connectivity index (χ1n) is 10.8. The minimum Gasteiger partial charge on any atom is -0.477 e. The summed E-state index contributed by atoms with van der Waals surface area (Å²) >= 11 is 6.22. The normalized spacial score (nSPS) is 12.7. The SMILES string of the molecule is CC(=O)Nc1cccc(Oc2ccc(CNC(=O)c3c(Cl)ccnc3OCC3CC3)cc2F)c1. The molecule has 2 N–H and O–H groups in total. The van der Waals surface area contributed by atoms with Crippen molar-refractivity contribution < 1.29 is 23.5 Å². The number of benzene rings is 2. The highest BCUT2D eigenvalue weighted by atomic mass is 35.5. The summed E-state index contributed by atoms with van der Waals surface area (Å²) in [4.78, 5) is 28.1. The number of carbonyl (C=O) groups is 2. The maximum atomic E-state index is 14.6. The van der Waals surface area contributed by atoms with E-state index in [0.29, 0.717) is 29.5 Å². The highest BCUT2D eigenvalue weighted by Crippen LogP contribution is 2.31. The van der Waals surface area contributed by atoms with Gasteiger partial charge in [-0.1, -0.05) is 23.7 Å². The standard InChI is InChI=1S/C25H23ClFN3O4/c1-15(31)30-18-3-2-4-19(12-18)34-22-8-7-17(11-21(22)27)13-29-24(32)23-20(26)9-10-28-25(23)33-14-16-5-6-16/h2-4,7-12,16H,5-6,13-14H2,1H3,(H,29,32)(H,30,31). The lowest BCUT2D eigenvalue weighted by molar-refractivity contribution is -0.114. The Bertz CT molecular complexity index is 1220. The van der Waals surface area contributed by atoms with E-state index in [4.69, 9.17) is 21.1 Å². The zero-order valence-corrected chi connectivity index (χ0v) is 19.2. The Kier molecular flexibility index (Phi) is 7.27. The van der Waals surface area contributed by atoms with Crippen molar-refractivity contribution in [1.29, 1.82) is 0 Å². The van der Waals surface area contributed by atoms with Crippen molar-refractivity contribution in [2.45, 2.75) is 26.3 Å². The van der Waals surface area contributed by atoms with Gasteiger partial charge in [0.25, 0.3) is 5.91 Å². The number of rotatable bonds is 9. The van der Waals surface area contributed by atoms with Gasteiger partial charge in [-0.15, -0.1) is 0 Å². The molecule has 2 aromatic carbocycles. The van der Waals surface area contributed by atoms with Crippen molar-refractivity contribution in [3.8, 4) is 17.4 Å². The first-order chi connectivity index (χ1) is 16.4. The van der Waals surface area contributed by atoms with Crippen LogP contribution in [0.3, 0.4) is 0 Å². The van der Waals surface area contributed by atoms with E-state index in [1.54, 1.807) is 30.3 Å². The van der Waals surface area contributed by atoms with Crippen LogP contribution in [0.1, 0.15) is 35.7 Å². The minimum absolute atomic E-state index is 0.0149. The molecule has 1 heterocycles. The predicted octanol–water partition coefficient (Wildman–Crippen LogP) is 5.34. The van der Waals surface area contributed by atoms with Gasteiger partial charge in [0.2, 0.25) is 11.8 Å². The van der Waals surface area contributed by atoms with Crippen molar-refractivity contribution in [3.05, 3.63) is 76.7 Å². The van der Waals surface area contributed by atoms with Gasteiger partial charge in [-0.05, 0) is 54.7 Å². The molecule has 4 rings (SSSR count). The number of carbonyl (C=O) groups excluding carboxylic acids is 2. The molecule has 1 aliphatic rings. The molecule has 34 heavy (non-hydrogen) atoms. The Morgan fingerprint density at radius 3 is 2.74 bits per heavy atom. The second-order valence-electron chi connectivity index (χ2n) is 7.99. The Morgan fingerprint density at radius 1 is 1.18 bits per heavy atom. The molecular formula is C25H23ClFN3O4. The lowest BCUT2D eigenvalue weighted by atomic mass is 10.2. The molecule has 7 nitrogen and oxygen atoms in total. The molecule has 0 bridgehead atoms. The van der Waals surface area contributed by atoms with E-state index in [1.807, 2.05) is 0 Å². The molecule has 1 aromatic heterocycles. The fourth-order valence-electron chi connectivity index (χ4n) is 3.19. The van der Waals surface area contributed by atoms with Crippen molar-refractivity contribution in [2.24, 2.45) is 5.92 Å². The van der Waals surface area contributed by atoms with E-state index >= 15 is 0 Å². The number of halogens is 2. The lowest BCUT2D eigenvalue weighted by Gasteiger charge is -2.13. The fraction of sp³-hybridized carbons (Fsp3) is 0.240. The van der Waals surface area contributed by atoms with Crippen LogP contribution in [0.2, 0.25) is 5.02 Å². The molecule has 0 saturated heterocycles. The molecule has 1 aliphatic carbocycles. The summed E-state index contributed by atoms with van der Waals surface area (Å²) in [6.07, 6.45) is 3.70. The van der Waals surface area contributed by atoms with Crippen LogP contribution in [0.25, 0.3) is 0 Å². The zero-order chi connectivity index (χ0) is 24.1. The quantitative estimate of drug-likeness (QED) is 0.428. The first-order valence-corrected chi connectivity index (χ1v) is 11.2. The van der Waals surface area contributed by atoms with Crippen LogP contribution in [-0.4, -0.2) is 23.4 Å². The van der Waals surface area contributed by atoms with Gasteiger partial charge in [0, 0.05) is 31.4 Å². The van der Waals surface area contributed by atoms with Gasteiger partial charge < -0.3 is 20.1 Å². The third kappa shape index (κ3) is 6.23. The van der Waals surface area contributed by atoms with E-state index in [2.05, 4.69) is 15.6 Å². The third-order valence-electron chi connectivity index (χ3n) is 5.08. The van der Waals surface area contributed by atoms with Crippen molar-refractivity contribution in [3.63, 3.8) is 0 Å². The highest BCUT2D eigenvalue weighted by Gasteiger charge is 2.24. The minimum atomic E-state index is -0.593. The largest absolute Gasteiger partial charge is 0.477 e. The number of ether oxygens (including phenoxy) is 2. The Morgan fingerprint density at radius 2 is 2.00 bits per heavy atom. The van der Waals surface area contributed by atoms with Gasteiger partial charge in [-0.3, -0.25) is 9.59 Å². The zero-order valence-electron chi connectivity index (χ0n) is 18.4. The molecule has 0 spiro atoms. The third-order valence-corrected chi connectivity index (χ3v) is 5.39. The van der Waals surface area contributed by atoms with E-state index in [0.717, 1.165) is 12.8 Å². The molecule has 176 valence electrons. The summed E-state index contributed by atoms with van der Waals surface area (Å²) in [6.45, 7) is 1.96. The van der Waals surface area contributed by atoms with Gasteiger partial charge >= 0.3 is 0 Å². The smallest absolute Gasteiger partial charge is 0.258 e. The van der Waals surface area contributed by atoms with Crippen molar-refractivity contribution >= 4 is 29.1 Å². The average Bonchev–Trinajstić information content (AvgIpc) is 3.62. The highest BCUT2D eigenvalue weighted by molar-refractivity contribution is 6.34. The van der Waals surface area contributed by atoms with E-state index in [1.165, 1.54) is 31.3 Å². The van der Waals surface area contributed by atoms with Gasteiger partial charge in [0.15, 0.2) is 11.6 Å². The number of amides is 2. The molecule has 0 radical (unpaired) electrons. The number of nitrogens with one attached hydrogen (secondary N) is 2. The summed E-state index contributed by atoms with van der Waals surface area (Å²) in [5.74, 6) is -0.202. The molecule has 2 amide bonds. The van der Waals surface area contributed by atoms with Crippen LogP contribution in [0.5, 0.6) is 17.4 Å². The molecular weight excluding hydrogens is 461 g/mol. The summed E-state index contributed by atoms with van der Waals surface area (Å²) in [6, 6.07) is 12.6. The molecule has 9 heteroatoms. The van der Waals surface area contributed by atoms with Crippen LogP contribution in [0.4, 0.5) is 10.1 Å². The van der Waals surface area contributed by atoms with Gasteiger partial charge in [0.1, 0.15) is 11.3 Å². The maximum absolute atomic E-state index is 14.6. The van der Waals surface area contributed by atoms with Crippen LogP contribution in [0.15, 0.2) is 54.7 Å². The Labute approximate surface area is 201 Å². The Hall–Kier alpha value is -3.65. The molecule has 0 aliphatic heterocycles. The fourth-order valence-corrected chi connectivity index (χ4v) is 3.42. The monoisotopic (exact) mass is 483 g/mol. The van der Waals surface area contributed by atoms with E-state index in [9.17, 15) is 14.0 Å². The van der Waals surface area contributed by atoms with Crippen molar-refractivity contribution in [1.82, 2.24) is 10.3 Å². The molecule has 1 fully saturated rings. The average molecular weight is 484 g/mol. The summed E-state index contributed by atoms with van der Waals surface area (Å²) in [5.41, 5.74) is 1.23. The topological polar surface area (TPSA) is 89.6 Å². The van der Waals surface area contributed by atoms with Gasteiger partial charge in [-0.25, -0.2) is 9.37 Å². The number of nitrogens with zero attached hydrogens (tertiary/aromatic N) is 1. The first kappa shape index (κ1) is 23.5. The van der Waals surface area contributed by atoms with E-state index in [-0.39, 0.29) is 34.7 Å². The number of aromatic nitrogens is 1. The van der Waals surface area contributed by atoms with Crippen molar-refractivity contribution in [2.75, 3.05) is 11.9 Å². The van der Waals surface area contributed by atoms with Crippen LogP contribution in [0, 0.1) is 11.7 Å². The number of hydrogen-bond acceptors (Lipinski definition) is 5. The summed E-state index contributed by atoms with van der Waals surface area (Å²) in [5, 5.41) is 5.61. The second kappa shape index (κ2) is 10.5. The molecule has 1 saturated carbocycles. The van der Waals surface area contributed by atoms with Crippen LogP contribution < -0.4 is 20.1 Å². The Balaban J connectivity index is 1.39. The maximum Gasteiger partial charge on any atom is 0.258 e. The number of anilines is 1. The molecule has 0 unspecified atom stereocenters. The molecule has 3 aromatic rings. The lowest BCUT2D eigenvalue weighted by Crippen LogP contribution is -2.24. The number of pyridine rings is 1. The van der Waals surface area contributed by atoms with E-state index < -0.39 is 11.7 Å². The van der Waals surface area contributed by atoms with Crippen LogP contribution >= 0.6 is 11.6 Å². The molecule has 0 atom stereocenters. The summed E-state index contributed by atoms with van der Waals surface area (Å²) < 4.78 is 25.9. The second-order valence-corrected chi connectivity index (χ2v) is 8.39. The number of hydrogen-bond donors (Lipinski definition) is 2. The van der Waals surface area contributed by atoms with Crippen LogP contribution in [-0.2, 0) is 11.3 Å². The van der Waals surface area contributed by atoms with Gasteiger partial charge in [0.05, 0.1) is 11.6 Å². The predicted molar refractivity (Wildman–Crippen MR) is 126 cm³/mol. The summed E-state index contributed by atoms with van der Waals surface area (Å²) in [7, 11) is 0.